The smallest absolute Gasteiger partial charge is 0.328 e. The molecule has 7 heteroatoms. The number of rotatable bonds is 2. The van der Waals surface area contributed by atoms with E-state index in [0.29, 0.717) is 12.3 Å². The van der Waals surface area contributed by atoms with Gasteiger partial charge in [0.05, 0.1) is 16.9 Å². The number of carbonyl (C=O) groups excluding carboxylic acids is 2. The summed E-state index contributed by atoms with van der Waals surface area (Å²) >= 11 is 0. The molecule has 0 radical (unpaired) electrons. The average Bonchev–Trinajstić information content (AvgIpc) is 3.45. The summed E-state index contributed by atoms with van der Waals surface area (Å²) in [6, 6.07) is 13.3. The highest BCUT2D eigenvalue weighted by molar-refractivity contribution is 6.02. The zero-order valence-electron chi connectivity index (χ0n) is 17.4. The first-order chi connectivity index (χ1) is 15.1. The molecule has 31 heavy (non-hydrogen) atoms. The largest absolute Gasteiger partial charge is 0.425 e. The number of hydrogen-bond acceptors (Lipinski definition) is 5. The Morgan fingerprint density at radius 1 is 1.19 bits per heavy atom. The van der Waals surface area contributed by atoms with Crippen LogP contribution in [0.4, 0.5) is 5.69 Å². The standard InChI is InChI=1S/C24H24N4O3/c1-27-20-7-3-2-5-16(20)23(29)28-12-10-15-17-13-14(31-24(30)19-6-4-11-25-19)8-9-18(17)26-21(15)22(27)28/h2-3,5,7-9,13,19,22,25-26H,4,6,10-12H2,1H3/t19-,22?/m0/s1. The molecule has 158 valence electrons. The molecule has 1 unspecified atom stereocenters. The fraction of sp³-hybridized carbons (Fsp3) is 0.333. The second-order valence-corrected chi connectivity index (χ2v) is 8.54. The van der Waals surface area contributed by atoms with Gasteiger partial charge in [0.25, 0.3) is 5.91 Å². The molecule has 1 saturated heterocycles. The Morgan fingerprint density at radius 3 is 2.90 bits per heavy atom. The predicted octanol–water partition coefficient (Wildman–Crippen LogP) is 2.97. The summed E-state index contributed by atoms with van der Waals surface area (Å²) in [7, 11) is 2.03. The van der Waals surface area contributed by atoms with E-state index in [1.165, 1.54) is 5.56 Å². The van der Waals surface area contributed by atoms with Crippen LogP contribution in [0.1, 0.15) is 40.6 Å². The van der Waals surface area contributed by atoms with Crippen LogP contribution in [0.25, 0.3) is 10.9 Å². The van der Waals surface area contributed by atoms with Crippen LogP contribution in [0.15, 0.2) is 42.5 Å². The van der Waals surface area contributed by atoms with Crippen molar-refractivity contribution in [1.82, 2.24) is 15.2 Å². The van der Waals surface area contributed by atoms with Gasteiger partial charge in [-0.25, -0.2) is 4.79 Å². The van der Waals surface area contributed by atoms with E-state index in [0.717, 1.165) is 53.7 Å². The third kappa shape index (κ3) is 2.76. The molecule has 2 N–H and O–H groups in total. The van der Waals surface area contributed by atoms with E-state index in [9.17, 15) is 9.59 Å². The van der Waals surface area contributed by atoms with Crippen molar-refractivity contribution in [2.24, 2.45) is 0 Å². The highest BCUT2D eigenvalue weighted by Gasteiger charge is 2.41. The highest BCUT2D eigenvalue weighted by Crippen LogP contribution is 2.43. The zero-order chi connectivity index (χ0) is 21.1. The molecule has 1 aromatic heterocycles. The number of nitrogens with zero attached hydrogens (tertiary/aromatic N) is 2. The SMILES string of the molecule is CN1c2ccccc2C(=O)N2CCc3c([nH]c4ccc(OC(=O)[C@@H]5CCCN5)cc34)C21. The van der Waals surface area contributed by atoms with E-state index >= 15 is 0 Å². The number of amides is 1. The van der Waals surface area contributed by atoms with Gasteiger partial charge in [0.2, 0.25) is 0 Å². The van der Waals surface area contributed by atoms with E-state index in [4.69, 9.17) is 4.74 Å². The van der Waals surface area contributed by atoms with Crippen molar-refractivity contribution >= 4 is 28.5 Å². The van der Waals surface area contributed by atoms with Crippen LogP contribution in [0.5, 0.6) is 5.75 Å². The van der Waals surface area contributed by atoms with Gasteiger partial charge in [0, 0.05) is 24.5 Å². The molecule has 2 atom stereocenters. The third-order valence-corrected chi connectivity index (χ3v) is 6.77. The summed E-state index contributed by atoms with van der Waals surface area (Å²) in [5.41, 5.74) is 4.90. The number of aromatic nitrogens is 1. The first-order valence-electron chi connectivity index (χ1n) is 10.8. The Kier molecular flexibility index (Phi) is 4.08. The molecule has 3 aliphatic rings. The lowest BCUT2D eigenvalue weighted by Crippen LogP contribution is -2.51. The zero-order valence-corrected chi connectivity index (χ0v) is 17.4. The van der Waals surface area contributed by atoms with Crippen molar-refractivity contribution in [3.63, 3.8) is 0 Å². The molecule has 0 saturated carbocycles. The number of nitrogens with one attached hydrogen (secondary N) is 2. The number of esters is 1. The molecule has 3 aromatic rings. The number of hydrogen-bond donors (Lipinski definition) is 2. The average molecular weight is 416 g/mol. The summed E-state index contributed by atoms with van der Waals surface area (Å²) in [5.74, 6) is 0.414. The lowest BCUT2D eigenvalue weighted by molar-refractivity contribution is -0.136. The minimum Gasteiger partial charge on any atom is -0.425 e. The maximum Gasteiger partial charge on any atom is 0.328 e. The van der Waals surface area contributed by atoms with E-state index in [2.05, 4.69) is 15.2 Å². The van der Waals surface area contributed by atoms with Crippen LogP contribution in [-0.4, -0.2) is 47.9 Å². The van der Waals surface area contributed by atoms with Gasteiger partial charge >= 0.3 is 5.97 Å². The Morgan fingerprint density at radius 2 is 2.06 bits per heavy atom. The first kappa shape index (κ1) is 18.4. The maximum atomic E-state index is 13.1. The van der Waals surface area contributed by atoms with Crippen LogP contribution in [0, 0.1) is 0 Å². The van der Waals surface area contributed by atoms with Crippen LogP contribution in [0.3, 0.4) is 0 Å². The quantitative estimate of drug-likeness (QED) is 0.496. The van der Waals surface area contributed by atoms with E-state index in [1.807, 2.05) is 54.4 Å². The Balaban J connectivity index is 1.38. The summed E-state index contributed by atoms with van der Waals surface area (Å²) in [5, 5.41) is 4.24. The number of aromatic amines is 1. The summed E-state index contributed by atoms with van der Waals surface area (Å²) < 4.78 is 5.67. The second kappa shape index (κ2) is 6.85. The number of ether oxygens (including phenoxy) is 1. The lowest BCUT2D eigenvalue weighted by atomic mass is 9.96. The fourth-order valence-electron chi connectivity index (χ4n) is 5.25. The van der Waals surface area contributed by atoms with Gasteiger partial charge in [-0.2, -0.15) is 0 Å². The van der Waals surface area contributed by atoms with Gasteiger partial charge in [-0.15, -0.1) is 0 Å². The van der Waals surface area contributed by atoms with Crippen molar-refractivity contribution in [1.29, 1.82) is 0 Å². The minimum absolute atomic E-state index is 0.0710. The lowest BCUT2D eigenvalue weighted by Gasteiger charge is -2.46. The number of H-pyrrole nitrogens is 1. The molecular weight excluding hydrogens is 392 g/mol. The number of anilines is 1. The molecular formula is C24H24N4O3. The molecule has 7 nitrogen and oxygen atoms in total. The number of benzene rings is 2. The number of fused-ring (bicyclic) bond motifs is 6. The van der Waals surface area contributed by atoms with Gasteiger partial charge in [-0.05, 0) is 61.7 Å². The molecule has 4 heterocycles. The van der Waals surface area contributed by atoms with Gasteiger partial charge < -0.3 is 24.8 Å². The van der Waals surface area contributed by atoms with Crippen molar-refractivity contribution in [3.05, 3.63) is 59.3 Å². The van der Waals surface area contributed by atoms with E-state index in [-0.39, 0.29) is 24.1 Å². The topological polar surface area (TPSA) is 77.7 Å². The van der Waals surface area contributed by atoms with Gasteiger partial charge in [-0.1, -0.05) is 12.1 Å². The van der Waals surface area contributed by atoms with Gasteiger partial charge in [0.1, 0.15) is 18.0 Å². The number of carbonyl (C=O) groups is 2. The van der Waals surface area contributed by atoms with Crippen molar-refractivity contribution in [2.45, 2.75) is 31.5 Å². The molecule has 6 rings (SSSR count). The van der Waals surface area contributed by atoms with Crippen LogP contribution < -0.4 is 15.0 Å². The highest BCUT2D eigenvalue weighted by atomic mass is 16.5. The number of para-hydroxylation sites is 1. The monoisotopic (exact) mass is 416 g/mol. The molecule has 1 fully saturated rings. The van der Waals surface area contributed by atoms with Crippen LogP contribution in [0.2, 0.25) is 0 Å². The van der Waals surface area contributed by atoms with Crippen molar-refractivity contribution < 1.29 is 14.3 Å². The molecule has 0 spiro atoms. The van der Waals surface area contributed by atoms with Crippen molar-refractivity contribution in [2.75, 3.05) is 25.0 Å². The Hall–Kier alpha value is -3.32. The summed E-state index contributed by atoms with van der Waals surface area (Å²) in [6.07, 6.45) is 2.40. The maximum absolute atomic E-state index is 13.1. The molecule has 2 aromatic carbocycles. The first-order valence-corrected chi connectivity index (χ1v) is 10.8. The second-order valence-electron chi connectivity index (χ2n) is 8.54. The summed E-state index contributed by atoms with van der Waals surface area (Å²) in [6.45, 7) is 1.51. The van der Waals surface area contributed by atoms with E-state index < -0.39 is 0 Å². The normalized spacial score (nSPS) is 22.3. The fourth-order valence-corrected chi connectivity index (χ4v) is 5.25. The molecule has 3 aliphatic heterocycles. The molecule has 0 bridgehead atoms. The van der Waals surface area contributed by atoms with Crippen molar-refractivity contribution in [3.8, 4) is 5.75 Å². The van der Waals surface area contributed by atoms with Crippen LogP contribution in [-0.2, 0) is 11.2 Å². The molecule has 0 aliphatic carbocycles. The Bertz CT molecular complexity index is 1210. The Labute approximate surface area is 180 Å². The molecule has 1 amide bonds. The minimum atomic E-state index is -0.221. The van der Waals surface area contributed by atoms with Gasteiger partial charge in [0.15, 0.2) is 0 Å². The van der Waals surface area contributed by atoms with E-state index in [1.54, 1.807) is 0 Å². The van der Waals surface area contributed by atoms with Crippen LogP contribution >= 0.6 is 0 Å². The third-order valence-electron chi connectivity index (χ3n) is 6.77. The predicted molar refractivity (Wildman–Crippen MR) is 117 cm³/mol. The van der Waals surface area contributed by atoms with Gasteiger partial charge in [-0.3, -0.25) is 4.79 Å². The summed E-state index contributed by atoms with van der Waals surface area (Å²) in [4.78, 5) is 33.2.